The zero-order valence-corrected chi connectivity index (χ0v) is 10.9. The molecule has 2 aromatic rings. The van der Waals surface area contributed by atoms with Crippen LogP contribution in [0.3, 0.4) is 0 Å². The number of benzene rings is 2. The Labute approximate surface area is 115 Å². The Kier molecular flexibility index (Phi) is 3.89. The van der Waals surface area contributed by atoms with Crippen molar-refractivity contribution >= 4 is 11.7 Å². The van der Waals surface area contributed by atoms with Crippen LogP contribution in [0, 0.1) is 5.82 Å². The summed E-state index contributed by atoms with van der Waals surface area (Å²) in [4.78, 5) is 12.7. The molecule has 2 rings (SSSR count). The molecule has 0 radical (unpaired) electrons. The lowest BCUT2D eigenvalue weighted by Crippen LogP contribution is -2.17. The standard InChI is InChI=1S/C15H14FNO3/c1-17(12-3-5-13(18)6-4-12)9-11-8-10(15(19)20)2-7-14(11)16/h2-8,18H,9H2,1H3,(H,19,20). The molecule has 0 unspecified atom stereocenters. The van der Waals surface area contributed by atoms with Crippen LogP contribution in [-0.4, -0.2) is 23.2 Å². The summed E-state index contributed by atoms with van der Waals surface area (Å²) in [5.74, 6) is -1.37. The van der Waals surface area contributed by atoms with Crippen LogP contribution in [0.4, 0.5) is 10.1 Å². The summed E-state index contributed by atoms with van der Waals surface area (Å²) in [5, 5.41) is 18.1. The highest BCUT2D eigenvalue weighted by molar-refractivity contribution is 5.87. The second kappa shape index (κ2) is 5.61. The predicted octanol–water partition coefficient (Wildman–Crippen LogP) is 2.87. The number of aromatic hydroxyl groups is 1. The van der Waals surface area contributed by atoms with Gasteiger partial charge in [-0.15, -0.1) is 0 Å². The maximum atomic E-state index is 13.7. The summed E-state index contributed by atoms with van der Waals surface area (Å²) >= 11 is 0. The Bertz CT molecular complexity index is 626. The van der Waals surface area contributed by atoms with Crippen molar-refractivity contribution < 1.29 is 19.4 Å². The van der Waals surface area contributed by atoms with Gasteiger partial charge in [-0.3, -0.25) is 0 Å². The van der Waals surface area contributed by atoms with E-state index in [4.69, 9.17) is 5.11 Å². The van der Waals surface area contributed by atoms with Crippen LogP contribution >= 0.6 is 0 Å². The second-order valence-electron chi connectivity index (χ2n) is 4.48. The Balaban J connectivity index is 2.22. The van der Waals surface area contributed by atoms with Crippen LogP contribution in [0.1, 0.15) is 15.9 Å². The molecule has 2 aromatic carbocycles. The van der Waals surface area contributed by atoms with E-state index < -0.39 is 11.8 Å². The van der Waals surface area contributed by atoms with E-state index >= 15 is 0 Å². The van der Waals surface area contributed by atoms with Crippen molar-refractivity contribution in [3.8, 4) is 5.75 Å². The van der Waals surface area contributed by atoms with E-state index in [0.717, 1.165) is 11.8 Å². The highest BCUT2D eigenvalue weighted by atomic mass is 19.1. The number of phenolic OH excluding ortho intramolecular Hbond substituents is 1. The first-order chi connectivity index (χ1) is 9.47. The molecule has 4 nitrogen and oxygen atoms in total. The summed E-state index contributed by atoms with van der Waals surface area (Å²) in [6.07, 6.45) is 0. The molecule has 0 fully saturated rings. The first kappa shape index (κ1) is 13.9. The molecule has 0 aromatic heterocycles. The molecule has 0 aliphatic heterocycles. The number of rotatable bonds is 4. The molecule has 0 aliphatic rings. The summed E-state index contributed by atoms with van der Waals surface area (Å²) in [5.41, 5.74) is 1.16. The van der Waals surface area contributed by atoms with E-state index in [0.29, 0.717) is 5.56 Å². The monoisotopic (exact) mass is 275 g/mol. The smallest absolute Gasteiger partial charge is 0.335 e. The zero-order chi connectivity index (χ0) is 14.7. The van der Waals surface area contributed by atoms with Crippen LogP contribution in [0.5, 0.6) is 5.75 Å². The third-order valence-corrected chi connectivity index (χ3v) is 2.99. The molecule has 0 aliphatic carbocycles. The minimum absolute atomic E-state index is 0.0560. The summed E-state index contributed by atoms with van der Waals surface area (Å²) in [7, 11) is 1.76. The number of phenols is 1. The minimum atomic E-state index is -1.08. The van der Waals surface area contributed by atoms with Gasteiger partial charge in [-0.25, -0.2) is 9.18 Å². The van der Waals surface area contributed by atoms with Gasteiger partial charge < -0.3 is 15.1 Å². The fourth-order valence-electron chi connectivity index (χ4n) is 1.88. The molecule has 0 atom stereocenters. The maximum absolute atomic E-state index is 13.7. The SMILES string of the molecule is CN(Cc1cc(C(=O)O)ccc1F)c1ccc(O)cc1. The van der Waals surface area contributed by atoms with Gasteiger partial charge in [0.15, 0.2) is 0 Å². The highest BCUT2D eigenvalue weighted by Gasteiger charge is 2.11. The Morgan fingerprint density at radius 2 is 1.85 bits per heavy atom. The number of aromatic carboxylic acids is 1. The maximum Gasteiger partial charge on any atom is 0.335 e. The molecule has 0 bridgehead atoms. The third-order valence-electron chi connectivity index (χ3n) is 2.99. The van der Waals surface area contributed by atoms with Gasteiger partial charge in [0.05, 0.1) is 5.56 Å². The Morgan fingerprint density at radius 3 is 2.45 bits per heavy atom. The van der Waals surface area contributed by atoms with Gasteiger partial charge in [-0.05, 0) is 42.5 Å². The second-order valence-corrected chi connectivity index (χ2v) is 4.48. The molecular weight excluding hydrogens is 261 g/mol. The van der Waals surface area contributed by atoms with E-state index in [-0.39, 0.29) is 17.9 Å². The average molecular weight is 275 g/mol. The largest absolute Gasteiger partial charge is 0.508 e. The average Bonchev–Trinajstić information content (AvgIpc) is 2.41. The topological polar surface area (TPSA) is 60.8 Å². The first-order valence-corrected chi connectivity index (χ1v) is 5.99. The van der Waals surface area contributed by atoms with Gasteiger partial charge in [-0.1, -0.05) is 0 Å². The number of hydrogen-bond donors (Lipinski definition) is 2. The van der Waals surface area contributed by atoms with Crippen molar-refractivity contribution in [1.82, 2.24) is 0 Å². The lowest BCUT2D eigenvalue weighted by Gasteiger charge is -2.20. The number of hydrogen-bond acceptors (Lipinski definition) is 3. The number of halogens is 1. The van der Waals surface area contributed by atoms with Gasteiger partial charge in [0.1, 0.15) is 11.6 Å². The van der Waals surface area contributed by atoms with Crippen molar-refractivity contribution in [3.63, 3.8) is 0 Å². The Hall–Kier alpha value is -2.56. The number of anilines is 1. The summed E-state index contributed by atoms with van der Waals surface area (Å²) < 4.78 is 13.7. The molecule has 0 amide bonds. The molecule has 0 saturated heterocycles. The minimum Gasteiger partial charge on any atom is -0.508 e. The highest BCUT2D eigenvalue weighted by Crippen LogP contribution is 2.20. The third kappa shape index (κ3) is 3.06. The van der Waals surface area contributed by atoms with Crippen LogP contribution in [0.2, 0.25) is 0 Å². The van der Waals surface area contributed by atoms with Crippen molar-refractivity contribution in [1.29, 1.82) is 0 Å². The van der Waals surface area contributed by atoms with Crippen LogP contribution in [0.25, 0.3) is 0 Å². The number of carboxylic acid groups (broad SMARTS) is 1. The van der Waals surface area contributed by atoms with E-state index in [1.807, 2.05) is 0 Å². The van der Waals surface area contributed by atoms with Crippen LogP contribution < -0.4 is 4.90 Å². The predicted molar refractivity (Wildman–Crippen MR) is 73.6 cm³/mol. The van der Waals surface area contributed by atoms with Crippen LogP contribution in [0.15, 0.2) is 42.5 Å². The quantitative estimate of drug-likeness (QED) is 0.900. The van der Waals surface area contributed by atoms with Crippen molar-refractivity contribution in [2.45, 2.75) is 6.54 Å². The van der Waals surface area contributed by atoms with Crippen molar-refractivity contribution in [2.75, 3.05) is 11.9 Å². The van der Waals surface area contributed by atoms with Gasteiger partial charge in [0, 0.05) is 24.8 Å². The number of nitrogens with zero attached hydrogens (tertiary/aromatic N) is 1. The van der Waals surface area contributed by atoms with E-state index in [1.54, 1.807) is 24.1 Å². The molecule has 0 spiro atoms. The normalized spacial score (nSPS) is 10.3. The van der Waals surface area contributed by atoms with Crippen molar-refractivity contribution in [2.24, 2.45) is 0 Å². The van der Waals surface area contributed by atoms with Gasteiger partial charge >= 0.3 is 5.97 Å². The van der Waals surface area contributed by atoms with Crippen molar-refractivity contribution in [3.05, 3.63) is 59.4 Å². The Morgan fingerprint density at radius 1 is 1.20 bits per heavy atom. The number of carbonyl (C=O) groups is 1. The lowest BCUT2D eigenvalue weighted by molar-refractivity contribution is 0.0696. The summed E-state index contributed by atoms with van der Waals surface area (Å²) in [6.45, 7) is 0.234. The van der Waals surface area contributed by atoms with E-state index in [1.165, 1.54) is 24.3 Å². The summed E-state index contributed by atoms with van der Waals surface area (Å²) in [6, 6.07) is 10.2. The zero-order valence-electron chi connectivity index (χ0n) is 10.9. The van der Waals surface area contributed by atoms with E-state index in [9.17, 15) is 14.3 Å². The molecule has 0 heterocycles. The molecule has 20 heavy (non-hydrogen) atoms. The molecular formula is C15H14FNO3. The fourth-order valence-corrected chi connectivity index (χ4v) is 1.88. The van der Waals surface area contributed by atoms with Gasteiger partial charge in [-0.2, -0.15) is 0 Å². The first-order valence-electron chi connectivity index (χ1n) is 5.99. The fraction of sp³-hybridized carbons (Fsp3) is 0.133. The molecule has 2 N–H and O–H groups in total. The van der Waals surface area contributed by atoms with Crippen LogP contribution in [-0.2, 0) is 6.54 Å². The van der Waals surface area contributed by atoms with Gasteiger partial charge in [0.25, 0.3) is 0 Å². The van der Waals surface area contributed by atoms with E-state index in [2.05, 4.69) is 0 Å². The molecule has 0 saturated carbocycles. The lowest BCUT2D eigenvalue weighted by atomic mass is 10.1. The molecule has 104 valence electrons. The van der Waals surface area contributed by atoms with Gasteiger partial charge in [0.2, 0.25) is 0 Å². The molecule has 5 heteroatoms. The number of carboxylic acids is 1.